The third kappa shape index (κ3) is 4.77. The molecule has 0 amide bonds. The molecule has 28 heavy (non-hydrogen) atoms. The van der Waals surface area contributed by atoms with Crippen molar-refractivity contribution in [1.29, 1.82) is 0 Å². The van der Waals surface area contributed by atoms with E-state index in [1.807, 2.05) is 30.3 Å². The Hall–Kier alpha value is -2.70. The van der Waals surface area contributed by atoms with Gasteiger partial charge in [-0.05, 0) is 30.2 Å². The number of thiazole rings is 1. The zero-order valence-corrected chi connectivity index (χ0v) is 16.6. The van der Waals surface area contributed by atoms with Crippen LogP contribution in [0.1, 0.15) is 21.8 Å². The third-order valence-corrected chi connectivity index (χ3v) is 5.78. The maximum absolute atomic E-state index is 5.98. The number of hydrogen-bond donors (Lipinski definition) is 1. The molecular formula is C22H24N4OS. The highest BCUT2D eigenvalue weighted by Crippen LogP contribution is 2.24. The second-order valence-electron chi connectivity index (χ2n) is 6.79. The molecule has 0 saturated carbocycles. The summed E-state index contributed by atoms with van der Waals surface area (Å²) in [5.74, 6) is 0.806. The second-order valence-corrected chi connectivity index (χ2v) is 7.90. The number of anilines is 1. The molecule has 0 unspecified atom stereocenters. The average molecular weight is 393 g/mol. The monoisotopic (exact) mass is 392 g/mol. The van der Waals surface area contributed by atoms with Gasteiger partial charge < -0.3 is 10.5 Å². The van der Waals surface area contributed by atoms with Crippen LogP contribution in [-0.2, 0) is 19.4 Å². The molecule has 3 heterocycles. The van der Waals surface area contributed by atoms with E-state index in [-0.39, 0.29) is 0 Å². The predicted molar refractivity (Wildman–Crippen MR) is 114 cm³/mol. The van der Waals surface area contributed by atoms with Gasteiger partial charge in [-0.3, -0.25) is 9.88 Å². The molecule has 0 fully saturated rings. The second kappa shape index (κ2) is 8.99. The largest absolute Gasteiger partial charge is 0.487 e. The number of rotatable bonds is 6. The molecule has 0 atom stereocenters. The van der Waals surface area contributed by atoms with Crippen LogP contribution in [-0.4, -0.2) is 34.5 Å². The van der Waals surface area contributed by atoms with E-state index < -0.39 is 0 Å². The molecule has 0 bridgehead atoms. The Labute approximate surface area is 169 Å². The van der Waals surface area contributed by atoms with Crippen molar-refractivity contribution in [3.8, 4) is 5.75 Å². The van der Waals surface area contributed by atoms with Crippen molar-refractivity contribution in [2.45, 2.75) is 19.4 Å². The number of benzene rings is 1. The molecule has 0 spiro atoms. The zero-order valence-electron chi connectivity index (χ0n) is 15.8. The van der Waals surface area contributed by atoms with Gasteiger partial charge in [0.25, 0.3) is 0 Å². The maximum Gasteiger partial charge on any atom is 0.180 e. The fourth-order valence-corrected chi connectivity index (χ4v) is 4.18. The quantitative estimate of drug-likeness (QED) is 0.691. The van der Waals surface area contributed by atoms with Gasteiger partial charge in [-0.2, -0.15) is 0 Å². The highest BCUT2D eigenvalue weighted by atomic mass is 32.1. The standard InChI is InChI=1S/C22H24N4OS/c23-22-25-19-10-14-26(15-11-21(19)28-22)13-5-8-18-20(9-4-12-24-18)27-16-17-6-2-1-3-7-17/h1-9,12H,10-11,13-16H2,(H2,23,25). The highest BCUT2D eigenvalue weighted by molar-refractivity contribution is 7.15. The van der Waals surface area contributed by atoms with Gasteiger partial charge in [0, 0.05) is 37.1 Å². The van der Waals surface area contributed by atoms with Crippen molar-refractivity contribution < 1.29 is 4.74 Å². The van der Waals surface area contributed by atoms with Gasteiger partial charge in [-0.1, -0.05) is 36.4 Å². The van der Waals surface area contributed by atoms with E-state index in [9.17, 15) is 0 Å². The van der Waals surface area contributed by atoms with Gasteiger partial charge in [0.1, 0.15) is 18.1 Å². The number of aromatic nitrogens is 2. The fourth-order valence-electron chi connectivity index (χ4n) is 3.31. The maximum atomic E-state index is 5.98. The summed E-state index contributed by atoms with van der Waals surface area (Å²) >= 11 is 1.63. The number of hydrogen-bond acceptors (Lipinski definition) is 6. The van der Waals surface area contributed by atoms with Crippen LogP contribution < -0.4 is 10.5 Å². The van der Waals surface area contributed by atoms with E-state index in [0.29, 0.717) is 11.7 Å². The van der Waals surface area contributed by atoms with Crippen molar-refractivity contribution in [2.24, 2.45) is 0 Å². The first-order valence-electron chi connectivity index (χ1n) is 9.52. The Bertz CT molecular complexity index is 913. The minimum absolute atomic E-state index is 0.540. The van der Waals surface area contributed by atoms with Crippen molar-refractivity contribution in [3.63, 3.8) is 0 Å². The average Bonchev–Trinajstić information content (AvgIpc) is 2.98. The first-order chi connectivity index (χ1) is 13.8. The van der Waals surface area contributed by atoms with E-state index in [1.54, 1.807) is 17.5 Å². The molecule has 0 aliphatic carbocycles. The first-order valence-corrected chi connectivity index (χ1v) is 10.3. The third-order valence-electron chi connectivity index (χ3n) is 4.79. The number of nitrogen functional groups attached to an aromatic ring is 1. The van der Waals surface area contributed by atoms with Crippen LogP contribution in [0.4, 0.5) is 5.13 Å². The predicted octanol–water partition coefficient (Wildman–Crippen LogP) is 3.81. The van der Waals surface area contributed by atoms with Gasteiger partial charge >= 0.3 is 0 Å². The summed E-state index contributed by atoms with van der Waals surface area (Å²) < 4.78 is 5.98. The first kappa shape index (κ1) is 18.7. The lowest BCUT2D eigenvalue weighted by Crippen LogP contribution is -2.26. The minimum atomic E-state index is 0.540. The number of nitrogens with two attached hydrogens (primary N) is 1. The van der Waals surface area contributed by atoms with Crippen molar-refractivity contribution in [3.05, 3.63) is 76.6 Å². The SMILES string of the molecule is Nc1nc2c(s1)CCN(CC=Cc1ncccc1OCc1ccccc1)CC2. The van der Waals surface area contributed by atoms with Crippen LogP contribution in [0.15, 0.2) is 54.7 Å². The number of fused-ring (bicyclic) bond motifs is 1. The summed E-state index contributed by atoms with van der Waals surface area (Å²) in [7, 11) is 0. The van der Waals surface area contributed by atoms with E-state index in [2.05, 4.69) is 39.2 Å². The van der Waals surface area contributed by atoms with E-state index in [0.717, 1.165) is 49.5 Å². The molecule has 0 saturated heterocycles. The number of pyridine rings is 1. The van der Waals surface area contributed by atoms with Crippen LogP contribution >= 0.6 is 11.3 Å². The van der Waals surface area contributed by atoms with Crippen LogP contribution in [0.2, 0.25) is 0 Å². The lowest BCUT2D eigenvalue weighted by Gasteiger charge is -2.17. The van der Waals surface area contributed by atoms with Gasteiger partial charge in [0.2, 0.25) is 0 Å². The molecule has 1 aromatic carbocycles. The Kier molecular flexibility index (Phi) is 5.99. The summed E-state index contributed by atoms with van der Waals surface area (Å²) in [4.78, 5) is 12.7. The Morgan fingerprint density at radius 2 is 1.96 bits per heavy atom. The molecule has 1 aliphatic heterocycles. The summed E-state index contributed by atoms with van der Waals surface area (Å²) in [5, 5.41) is 0.691. The number of ether oxygens (including phenoxy) is 1. The minimum Gasteiger partial charge on any atom is -0.487 e. The smallest absolute Gasteiger partial charge is 0.180 e. The Balaban J connectivity index is 1.34. The van der Waals surface area contributed by atoms with Crippen LogP contribution in [0, 0.1) is 0 Å². The Morgan fingerprint density at radius 3 is 2.86 bits per heavy atom. The lowest BCUT2D eigenvalue weighted by molar-refractivity contribution is 0.304. The summed E-state index contributed by atoms with van der Waals surface area (Å²) in [6.07, 6.45) is 8.00. The van der Waals surface area contributed by atoms with Crippen molar-refractivity contribution in [2.75, 3.05) is 25.4 Å². The molecule has 5 nitrogen and oxygen atoms in total. The molecule has 1 aliphatic rings. The molecule has 2 N–H and O–H groups in total. The van der Waals surface area contributed by atoms with Crippen LogP contribution in [0.3, 0.4) is 0 Å². The molecule has 6 heteroatoms. The molecule has 0 radical (unpaired) electrons. The Morgan fingerprint density at radius 1 is 1.11 bits per heavy atom. The normalized spacial score (nSPS) is 14.7. The van der Waals surface area contributed by atoms with E-state index in [4.69, 9.17) is 10.5 Å². The number of nitrogens with zero attached hydrogens (tertiary/aromatic N) is 3. The summed E-state index contributed by atoms with van der Waals surface area (Å²) in [6.45, 7) is 3.45. The van der Waals surface area contributed by atoms with Crippen LogP contribution in [0.25, 0.3) is 6.08 Å². The summed E-state index contributed by atoms with van der Waals surface area (Å²) in [5.41, 5.74) is 9.01. The topological polar surface area (TPSA) is 64.3 Å². The van der Waals surface area contributed by atoms with Crippen molar-refractivity contribution in [1.82, 2.24) is 14.9 Å². The fraction of sp³-hybridized carbons (Fsp3) is 0.273. The molecule has 4 rings (SSSR count). The van der Waals surface area contributed by atoms with Gasteiger partial charge in [-0.25, -0.2) is 4.98 Å². The summed E-state index contributed by atoms with van der Waals surface area (Å²) in [6, 6.07) is 14.0. The van der Waals surface area contributed by atoms with Crippen molar-refractivity contribution >= 4 is 22.5 Å². The molecule has 3 aromatic rings. The van der Waals surface area contributed by atoms with Gasteiger partial charge in [0.05, 0.1) is 5.69 Å². The van der Waals surface area contributed by atoms with Gasteiger partial charge in [-0.15, -0.1) is 11.3 Å². The zero-order chi connectivity index (χ0) is 19.2. The van der Waals surface area contributed by atoms with E-state index in [1.165, 1.54) is 10.6 Å². The molecule has 2 aromatic heterocycles. The molecule has 144 valence electrons. The lowest BCUT2D eigenvalue weighted by atomic mass is 10.2. The van der Waals surface area contributed by atoms with Gasteiger partial charge in [0.15, 0.2) is 5.13 Å². The van der Waals surface area contributed by atoms with E-state index >= 15 is 0 Å². The van der Waals surface area contributed by atoms with Crippen LogP contribution in [0.5, 0.6) is 5.75 Å². The highest BCUT2D eigenvalue weighted by Gasteiger charge is 2.16. The molecular weight excluding hydrogens is 368 g/mol.